The molecule has 0 heterocycles. The van der Waals surface area contributed by atoms with Crippen molar-refractivity contribution in [2.24, 2.45) is 0 Å². The zero-order chi connectivity index (χ0) is 9.66. The zero-order valence-electron chi connectivity index (χ0n) is 6.77. The van der Waals surface area contributed by atoms with E-state index in [9.17, 15) is 0 Å². The molecule has 0 aromatic heterocycles. The third kappa shape index (κ3) is 23.2. The lowest BCUT2D eigenvalue weighted by atomic mass is 10.5. The van der Waals surface area contributed by atoms with E-state index in [4.69, 9.17) is 20.4 Å². The second-order valence-corrected chi connectivity index (χ2v) is 1.66. The summed E-state index contributed by atoms with van der Waals surface area (Å²) in [6, 6.07) is 0. The molecule has 0 aliphatic rings. The van der Waals surface area contributed by atoms with Crippen LogP contribution in [-0.4, -0.2) is 33.6 Å². The summed E-state index contributed by atoms with van der Waals surface area (Å²) < 4.78 is 0. The Morgan fingerprint density at radius 1 is 1.17 bits per heavy atom. The molecule has 4 nitrogen and oxygen atoms in total. The Kier molecular flexibility index (Phi) is 18.4. The van der Waals surface area contributed by atoms with E-state index in [-0.39, 0.29) is 13.2 Å². The Morgan fingerprint density at radius 3 is 2.00 bits per heavy atom. The molecule has 0 unspecified atom stereocenters. The molecule has 0 radical (unpaired) electrons. The molecule has 0 spiro atoms. The molecule has 0 aromatic rings. The van der Waals surface area contributed by atoms with Gasteiger partial charge in [0.25, 0.3) is 0 Å². The molecule has 0 saturated heterocycles. The highest BCUT2D eigenvalue weighted by Crippen LogP contribution is 1.74. The Labute approximate surface area is 71.8 Å². The summed E-state index contributed by atoms with van der Waals surface area (Å²) in [6.07, 6.45) is 4.97. The maximum absolute atomic E-state index is 8.04. The van der Waals surface area contributed by atoms with Gasteiger partial charge in [0.05, 0.1) is 12.9 Å². The van der Waals surface area contributed by atoms with E-state index >= 15 is 0 Å². The largest absolute Gasteiger partial charge is 0.516 e. The third-order valence-electron chi connectivity index (χ3n) is 0.717. The van der Waals surface area contributed by atoms with Crippen molar-refractivity contribution in [1.82, 2.24) is 0 Å². The average molecular weight is 174 g/mol. The minimum absolute atomic E-state index is 0.0214. The minimum Gasteiger partial charge on any atom is -0.516 e. The summed E-state index contributed by atoms with van der Waals surface area (Å²) in [4.78, 5) is 0. The van der Waals surface area contributed by atoms with E-state index in [2.05, 4.69) is 5.92 Å². The van der Waals surface area contributed by atoms with Gasteiger partial charge >= 0.3 is 0 Å². The van der Waals surface area contributed by atoms with E-state index in [0.29, 0.717) is 12.8 Å². The average Bonchev–Trinajstić information content (AvgIpc) is 2.12. The van der Waals surface area contributed by atoms with Crippen LogP contribution in [0.15, 0.2) is 12.3 Å². The molecule has 0 rings (SSSR count). The minimum atomic E-state index is 0.0214. The van der Waals surface area contributed by atoms with Crippen molar-refractivity contribution in [1.29, 1.82) is 0 Å². The van der Waals surface area contributed by atoms with Crippen LogP contribution < -0.4 is 0 Å². The first-order valence-corrected chi connectivity index (χ1v) is 3.46. The van der Waals surface area contributed by atoms with Crippen LogP contribution in [0.3, 0.4) is 0 Å². The number of rotatable bonds is 3. The molecule has 0 fully saturated rings. The number of aliphatic hydroxyl groups excluding tert-OH is 4. The van der Waals surface area contributed by atoms with Gasteiger partial charge in [0.2, 0.25) is 0 Å². The summed E-state index contributed by atoms with van der Waals surface area (Å²) in [6.45, 7) is 0.130. The van der Waals surface area contributed by atoms with Gasteiger partial charge in [0.1, 0.15) is 6.11 Å². The molecule has 0 atom stereocenters. The summed E-state index contributed by atoms with van der Waals surface area (Å²) in [7, 11) is 0. The van der Waals surface area contributed by atoms with Crippen molar-refractivity contribution in [2.45, 2.75) is 12.8 Å². The third-order valence-corrected chi connectivity index (χ3v) is 0.717. The number of aliphatic hydroxyl groups is 4. The van der Waals surface area contributed by atoms with Gasteiger partial charge in [-0.05, 0) is 12.5 Å². The zero-order valence-corrected chi connectivity index (χ0v) is 6.77. The smallest absolute Gasteiger partial charge is 0.107 e. The SMILES string of the molecule is OC#CCCO.OC=CCCO. The molecular formula is C8H14O4. The van der Waals surface area contributed by atoms with Crippen LogP contribution in [0.1, 0.15) is 12.8 Å². The lowest BCUT2D eigenvalue weighted by molar-refractivity contribution is 0.301. The fraction of sp³-hybridized carbons (Fsp3) is 0.500. The van der Waals surface area contributed by atoms with Crippen molar-refractivity contribution in [3.63, 3.8) is 0 Å². The monoisotopic (exact) mass is 174 g/mol. The van der Waals surface area contributed by atoms with Gasteiger partial charge in [0, 0.05) is 13.0 Å². The molecule has 0 aliphatic carbocycles. The maximum atomic E-state index is 8.04. The number of hydrogen-bond acceptors (Lipinski definition) is 4. The topological polar surface area (TPSA) is 80.9 Å². The van der Waals surface area contributed by atoms with Crippen molar-refractivity contribution in [2.75, 3.05) is 13.2 Å². The van der Waals surface area contributed by atoms with Crippen molar-refractivity contribution >= 4 is 0 Å². The highest BCUT2D eigenvalue weighted by Gasteiger charge is 1.67. The van der Waals surface area contributed by atoms with Gasteiger partial charge in [-0.2, -0.15) is 0 Å². The van der Waals surface area contributed by atoms with Gasteiger partial charge in [-0.15, -0.1) is 0 Å². The first-order valence-electron chi connectivity index (χ1n) is 3.46. The van der Waals surface area contributed by atoms with Crippen LogP contribution in [0.5, 0.6) is 0 Å². The van der Waals surface area contributed by atoms with Crippen molar-refractivity contribution in [3.8, 4) is 12.0 Å². The van der Waals surface area contributed by atoms with Crippen LogP contribution in [0.2, 0.25) is 0 Å². The first kappa shape index (κ1) is 13.4. The molecule has 4 heteroatoms. The van der Waals surface area contributed by atoms with Crippen LogP contribution >= 0.6 is 0 Å². The van der Waals surface area contributed by atoms with E-state index < -0.39 is 0 Å². The quantitative estimate of drug-likeness (QED) is 0.362. The van der Waals surface area contributed by atoms with Crippen LogP contribution in [-0.2, 0) is 0 Å². The van der Waals surface area contributed by atoms with Gasteiger partial charge < -0.3 is 20.4 Å². The molecule has 0 aliphatic heterocycles. The van der Waals surface area contributed by atoms with Crippen LogP contribution in [0.4, 0.5) is 0 Å². The lowest BCUT2D eigenvalue weighted by Gasteiger charge is -1.76. The molecule has 12 heavy (non-hydrogen) atoms. The second-order valence-electron chi connectivity index (χ2n) is 1.66. The summed E-state index contributed by atoms with van der Waals surface area (Å²) in [5.41, 5.74) is 0. The molecular weight excluding hydrogens is 160 g/mol. The van der Waals surface area contributed by atoms with Crippen LogP contribution in [0.25, 0.3) is 0 Å². The van der Waals surface area contributed by atoms with Crippen molar-refractivity contribution < 1.29 is 20.4 Å². The lowest BCUT2D eigenvalue weighted by Crippen LogP contribution is -1.74. The molecule has 0 amide bonds. The molecule has 0 aromatic carbocycles. The highest BCUT2D eigenvalue weighted by atomic mass is 16.3. The fourth-order valence-corrected chi connectivity index (χ4v) is 0.261. The van der Waals surface area contributed by atoms with E-state index in [1.165, 1.54) is 6.08 Å². The number of hydrogen-bond donors (Lipinski definition) is 4. The standard InChI is InChI=1S/C4H8O2.C4H6O2/c2*5-3-1-2-4-6/h1,3,5-6H,2,4H2;5-6H,1,3H2. The maximum Gasteiger partial charge on any atom is 0.107 e. The molecule has 0 bridgehead atoms. The fourth-order valence-electron chi connectivity index (χ4n) is 0.261. The van der Waals surface area contributed by atoms with Gasteiger partial charge in [-0.25, -0.2) is 0 Å². The molecule has 70 valence electrons. The van der Waals surface area contributed by atoms with E-state index in [1.807, 2.05) is 0 Å². The normalized spacial score (nSPS) is 8.17. The Bertz CT molecular complexity index is 143. The van der Waals surface area contributed by atoms with Gasteiger partial charge in [0.15, 0.2) is 0 Å². The summed E-state index contributed by atoms with van der Waals surface area (Å²) in [5.74, 6) is 2.25. The Morgan fingerprint density at radius 2 is 1.83 bits per heavy atom. The predicted octanol–water partition coefficient (Wildman–Crippen LogP) is 0.143. The molecule has 4 N–H and O–H groups in total. The second kappa shape index (κ2) is 16.4. The van der Waals surface area contributed by atoms with E-state index in [1.54, 1.807) is 6.11 Å². The first-order chi connectivity index (χ1) is 5.83. The predicted molar refractivity (Wildman–Crippen MR) is 44.9 cm³/mol. The summed E-state index contributed by atoms with van der Waals surface area (Å²) >= 11 is 0. The summed E-state index contributed by atoms with van der Waals surface area (Å²) in [5, 5.41) is 31.6. The van der Waals surface area contributed by atoms with Gasteiger partial charge in [-0.3, -0.25) is 0 Å². The van der Waals surface area contributed by atoms with Crippen LogP contribution in [0, 0.1) is 12.0 Å². The van der Waals surface area contributed by atoms with Gasteiger partial charge in [-0.1, -0.05) is 5.92 Å². The Hall–Kier alpha value is -1.18. The highest BCUT2D eigenvalue weighted by molar-refractivity contribution is 4.88. The van der Waals surface area contributed by atoms with Crippen molar-refractivity contribution in [3.05, 3.63) is 12.3 Å². The van der Waals surface area contributed by atoms with E-state index in [0.717, 1.165) is 6.26 Å². The Balaban J connectivity index is 0. The molecule has 0 saturated carbocycles.